The predicted molar refractivity (Wildman–Crippen MR) is 84.4 cm³/mol. The highest BCUT2D eigenvalue weighted by molar-refractivity contribution is 14.1. The monoisotopic (exact) mass is 416 g/mol. The first-order chi connectivity index (χ1) is 10.1. The van der Waals surface area contributed by atoms with Crippen molar-refractivity contribution in [3.63, 3.8) is 0 Å². The SMILES string of the molecule is Fc1ccc(Nc2nc(Cl)nc(-n3cccn3)n2)c(I)c1. The fraction of sp³-hybridized carbons (Fsp3) is 0. The van der Waals surface area contributed by atoms with Crippen LogP contribution in [0.5, 0.6) is 0 Å². The minimum Gasteiger partial charge on any atom is -0.323 e. The van der Waals surface area contributed by atoms with Gasteiger partial charge in [0.15, 0.2) is 0 Å². The molecule has 2 heterocycles. The normalized spacial score (nSPS) is 10.6. The third-order valence-electron chi connectivity index (χ3n) is 2.48. The summed E-state index contributed by atoms with van der Waals surface area (Å²) in [5, 5.41) is 7.05. The molecule has 0 radical (unpaired) electrons. The fourth-order valence-electron chi connectivity index (χ4n) is 1.60. The zero-order valence-corrected chi connectivity index (χ0v) is 13.2. The van der Waals surface area contributed by atoms with Gasteiger partial charge in [-0.25, -0.2) is 9.07 Å². The van der Waals surface area contributed by atoms with Gasteiger partial charge in [-0.1, -0.05) is 0 Å². The number of hydrogen-bond donors (Lipinski definition) is 1. The van der Waals surface area contributed by atoms with E-state index in [2.05, 4.69) is 25.4 Å². The Hall–Kier alpha value is -1.81. The fourth-order valence-corrected chi connectivity index (χ4v) is 2.36. The maximum absolute atomic E-state index is 13.1. The molecule has 9 heteroatoms. The molecule has 0 aliphatic carbocycles. The van der Waals surface area contributed by atoms with Crippen molar-refractivity contribution < 1.29 is 4.39 Å². The number of rotatable bonds is 3. The molecule has 3 rings (SSSR count). The molecule has 0 saturated carbocycles. The Kier molecular flexibility index (Phi) is 3.97. The minimum atomic E-state index is -0.309. The summed E-state index contributed by atoms with van der Waals surface area (Å²) >= 11 is 7.91. The highest BCUT2D eigenvalue weighted by atomic mass is 127. The highest BCUT2D eigenvalue weighted by Crippen LogP contribution is 2.22. The average Bonchev–Trinajstić information content (AvgIpc) is 2.95. The van der Waals surface area contributed by atoms with E-state index in [-0.39, 0.29) is 17.0 Å². The molecule has 0 amide bonds. The van der Waals surface area contributed by atoms with E-state index in [4.69, 9.17) is 11.6 Å². The third-order valence-corrected chi connectivity index (χ3v) is 3.54. The van der Waals surface area contributed by atoms with Gasteiger partial charge in [0.2, 0.25) is 11.2 Å². The largest absolute Gasteiger partial charge is 0.323 e. The van der Waals surface area contributed by atoms with Gasteiger partial charge in [0.25, 0.3) is 5.95 Å². The van der Waals surface area contributed by atoms with Crippen molar-refractivity contribution in [1.82, 2.24) is 24.7 Å². The smallest absolute Gasteiger partial charge is 0.256 e. The van der Waals surface area contributed by atoms with Crippen molar-refractivity contribution in [1.29, 1.82) is 0 Å². The van der Waals surface area contributed by atoms with E-state index in [1.165, 1.54) is 16.8 Å². The summed E-state index contributed by atoms with van der Waals surface area (Å²) in [5.41, 5.74) is 0.672. The van der Waals surface area contributed by atoms with Crippen molar-refractivity contribution in [3.8, 4) is 5.95 Å². The van der Waals surface area contributed by atoms with E-state index in [9.17, 15) is 4.39 Å². The van der Waals surface area contributed by atoms with Crippen LogP contribution < -0.4 is 5.32 Å². The maximum Gasteiger partial charge on any atom is 0.256 e. The van der Waals surface area contributed by atoms with Gasteiger partial charge in [-0.15, -0.1) is 0 Å². The Bertz CT molecular complexity index is 779. The first kappa shape index (κ1) is 14.1. The second-order valence-electron chi connectivity index (χ2n) is 3.93. The number of aromatic nitrogens is 5. The molecule has 0 saturated heterocycles. The summed E-state index contributed by atoms with van der Waals surface area (Å²) in [6.45, 7) is 0. The van der Waals surface area contributed by atoms with E-state index in [1.54, 1.807) is 24.5 Å². The lowest BCUT2D eigenvalue weighted by Gasteiger charge is -2.08. The first-order valence-electron chi connectivity index (χ1n) is 5.75. The van der Waals surface area contributed by atoms with Gasteiger partial charge in [0, 0.05) is 16.0 Å². The van der Waals surface area contributed by atoms with Crippen LogP contribution in [-0.4, -0.2) is 24.7 Å². The summed E-state index contributed by atoms with van der Waals surface area (Å²) < 4.78 is 15.3. The summed E-state index contributed by atoms with van der Waals surface area (Å²) in [4.78, 5) is 12.2. The third kappa shape index (κ3) is 3.27. The molecular formula is C12H7ClFIN6. The molecule has 0 bridgehead atoms. The molecule has 2 aromatic heterocycles. The predicted octanol–water partition coefficient (Wildman–Crippen LogP) is 3.20. The maximum atomic E-state index is 13.1. The molecular weight excluding hydrogens is 410 g/mol. The Balaban J connectivity index is 1.95. The second kappa shape index (κ2) is 5.90. The molecule has 0 aliphatic rings. The number of benzene rings is 1. The van der Waals surface area contributed by atoms with Crippen molar-refractivity contribution in [2.75, 3.05) is 5.32 Å². The van der Waals surface area contributed by atoms with Crippen molar-refractivity contribution in [3.05, 3.63) is 51.3 Å². The molecule has 1 N–H and O–H groups in total. The average molecular weight is 417 g/mol. The van der Waals surface area contributed by atoms with Crippen LogP contribution in [0.25, 0.3) is 5.95 Å². The Morgan fingerprint density at radius 2 is 2.10 bits per heavy atom. The van der Waals surface area contributed by atoms with Crippen molar-refractivity contribution in [2.24, 2.45) is 0 Å². The molecule has 0 spiro atoms. The molecule has 6 nitrogen and oxygen atoms in total. The first-order valence-corrected chi connectivity index (χ1v) is 7.21. The van der Waals surface area contributed by atoms with Crippen LogP contribution in [0.3, 0.4) is 0 Å². The molecule has 0 unspecified atom stereocenters. The number of anilines is 2. The van der Waals surface area contributed by atoms with Crippen LogP contribution in [0.15, 0.2) is 36.7 Å². The number of hydrogen-bond acceptors (Lipinski definition) is 5. The number of nitrogens with zero attached hydrogens (tertiary/aromatic N) is 5. The second-order valence-corrected chi connectivity index (χ2v) is 5.43. The summed E-state index contributed by atoms with van der Waals surface area (Å²) in [5.74, 6) is 0.237. The molecule has 3 aromatic rings. The lowest BCUT2D eigenvalue weighted by Crippen LogP contribution is -2.07. The van der Waals surface area contributed by atoms with Gasteiger partial charge in [-0.3, -0.25) is 0 Å². The van der Waals surface area contributed by atoms with Gasteiger partial charge in [0.05, 0.1) is 5.69 Å². The van der Waals surface area contributed by atoms with E-state index in [1.807, 2.05) is 22.6 Å². The minimum absolute atomic E-state index is 0.0371. The molecule has 21 heavy (non-hydrogen) atoms. The van der Waals surface area contributed by atoms with E-state index in [0.717, 1.165) is 0 Å². The summed E-state index contributed by atoms with van der Waals surface area (Å²) in [7, 11) is 0. The van der Waals surface area contributed by atoms with Gasteiger partial charge < -0.3 is 5.32 Å². The lowest BCUT2D eigenvalue weighted by atomic mass is 10.3. The topological polar surface area (TPSA) is 68.5 Å². The van der Waals surface area contributed by atoms with Gasteiger partial charge >= 0.3 is 0 Å². The van der Waals surface area contributed by atoms with Crippen LogP contribution in [0.4, 0.5) is 16.0 Å². The molecule has 106 valence electrons. The van der Waals surface area contributed by atoms with Gasteiger partial charge in [-0.2, -0.15) is 20.1 Å². The van der Waals surface area contributed by atoms with Crippen LogP contribution in [0.1, 0.15) is 0 Å². The van der Waals surface area contributed by atoms with Crippen LogP contribution >= 0.6 is 34.2 Å². The molecule has 1 aromatic carbocycles. The molecule has 0 aliphatic heterocycles. The Morgan fingerprint density at radius 1 is 1.24 bits per heavy atom. The van der Waals surface area contributed by atoms with Gasteiger partial charge in [0.1, 0.15) is 5.82 Å². The zero-order valence-electron chi connectivity index (χ0n) is 10.3. The van der Waals surface area contributed by atoms with E-state index in [0.29, 0.717) is 15.2 Å². The van der Waals surface area contributed by atoms with Crippen molar-refractivity contribution >= 4 is 45.8 Å². The lowest BCUT2D eigenvalue weighted by molar-refractivity contribution is 0.627. The van der Waals surface area contributed by atoms with Crippen LogP contribution in [0, 0.1) is 9.39 Å². The summed E-state index contributed by atoms with van der Waals surface area (Å²) in [6.07, 6.45) is 3.30. The van der Waals surface area contributed by atoms with E-state index < -0.39 is 0 Å². The zero-order chi connectivity index (χ0) is 14.8. The van der Waals surface area contributed by atoms with E-state index >= 15 is 0 Å². The number of halogens is 3. The van der Waals surface area contributed by atoms with Crippen molar-refractivity contribution in [2.45, 2.75) is 0 Å². The highest BCUT2D eigenvalue weighted by Gasteiger charge is 2.09. The summed E-state index contributed by atoms with van der Waals surface area (Å²) in [6, 6.07) is 6.10. The Labute approximate surface area is 137 Å². The van der Waals surface area contributed by atoms with Crippen LogP contribution in [0.2, 0.25) is 5.28 Å². The number of nitrogens with one attached hydrogen (secondary N) is 1. The molecule has 0 atom stereocenters. The standard InChI is InChI=1S/C12H7ClFIN6/c13-10-18-11(17-9-3-2-7(14)6-8(9)15)20-12(19-10)21-5-1-4-16-21/h1-6H,(H,17,18,19,20). The molecule has 0 fully saturated rings. The van der Waals surface area contributed by atoms with Gasteiger partial charge in [-0.05, 0) is 58.5 Å². The Morgan fingerprint density at radius 3 is 2.81 bits per heavy atom. The quantitative estimate of drug-likeness (QED) is 0.664. The van der Waals surface area contributed by atoms with Crippen LogP contribution in [-0.2, 0) is 0 Å².